The molecule has 0 saturated heterocycles. The number of unbranched alkanes of at least 4 members (excludes halogenated alkanes) is 14. The number of carbonyl (C=O) groups is 13. The van der Waals surface area contributed by atoms with E-state index in [0.717, 1.165) is 76.3 Å². The molecule has 0 saturated carbocycles. The van der Waals surface area contributed by atoms with E-state index in [0.29, 0.717) is 31.4 Å². The molecule has 0 aliphatic carbocycles. The average Bonchev–Trinajstić information content (AvgIpc) is 1.68. The molecule has 2 aromatic heterocycles. The number of hydrogen-bond acceptors (Lipinski definition) is 18. The molecule has 93 heavy (non-hydrogen) atoms. The number of amides is 7. The molecule has 0 bridgehead atoms. The highest BCUT2D eigenvalue weighted by Crippen LogP contribution is 2.20. The molecule has 7 amide bonds. The largest absolute Gasteiger partial charge is 0.481 e. The van der Waals surface area contributed by atoms with E-state index in [1.165, 1.54) is 52.5 Å². The number of aliphatic hydroxyl groups is 2. The number of H-pyrrole nitrogens is 2. The molecular weight excluding hydrogens is 1210 g/mol. The van der Waals surface area contributed by atoms with Gasteiger partial charge in [-0.3, -0.25) is 57.5 Å². The highest BCUT2D eigenvalue weighted by molar-refractivity contribution is 5.96. The summed E-state index contributed by atoms with van der Waals surface area (Å²) in [7, 11) is 0. The highest BCUT2D eigenvalue weighted by atomic mass is 16.4. The van der Waals surface area contributed by atoms with Crippen LogP contribution in [-0.4, -0.2) is 184 Å². The lowest BCUT2D eigenvalue weighted by Crippen LogP contribution is -2.58. The number of hydrogen-bond donors (Lipinski definition) is 15. The third-order valence-electron chi connectivity index (χ3n) is 15.8. The number of aryl methyl sites for hydroxylation is 1. The third-order valence-corrected chi connectivity index (χ3v) is 15.8. The Morgan fingerprint density at radius 1 is 0.548 bits per heavy atom. The van der Waals surface area contributed by atoms with Gasteiger partial charge in [-0.1, -0.05) is 83.5 Å². The number of carboxylic acid groups (broad SMARTS) is 3. The maximum Gasteiger partial charge on any atom is 0.326 e. The zero-order valence-electron chi connectivity index (χ0n) is 54.2. The Bertz CT molecular complexity index is 2650. The normalized spacial score (nSPS) is 13.6. The van der Waals surface area contributed by atoms with Crippen LogP contribution < -0.4 is 43.0 Å². The molecule has 16 N–H and O–H groups in total. The summed E-state index contributed by atoms with van der Waals surface area (Å²) in [6.07, 6.45) is 18.2. The average molecular weight is 1320 g/mol. The SMILES string of the molecule is CC(O)[C@H](NC(=O)[C@H](CCCCNC(=O)CNCC(=O)[C@H](CO)NC(=O)CC[C@H](NC(=O)CC[C@H](CC(=O)CCCCCCCCCCCCCCCCC(=O)O)C(=O)O)C(=O)O)CCC(=O)[C@H](Cc1cnc[nH]1)NC(=O)C(C)(C)NC(=O)CCc1cnc[nH]1)C(N)=O. The summed E-state index contributed by atoms with van der Waals surface area (Å²) in [6.45, 7) is 2.62. The molecule has 0 spiro atoms. The van der Waals surface area contributed by atoms with Gasteiger partial charge in [-0.05, 0) is 72.1 Å². The zero-order chi connectivity index (χ0) is 69.1. The fourth-order valence-corrected chi connectivity index (χ4v) is 10.2. The van der Waals surface area contributed by atoms with Gasteiger partial charge in [0.1, 0.15) is 29.4 Å². The van der Waals surface area contributed by atoms with E-state index in [1.54, 1.807) is 6.20 Å². The first-order valence-electron chi connectivity index (χ1n) is 32.5. The summed E-state index contributed by atoms with van der Waals surface area (Å²) >= 11 is 0. The molecule has 522 valence electrons. The minimum Gasteiger partial charge on any atom is -0.481 e. The van der Waals surface area contributed by atoms with Crippen LogP contribution in [0.1, 0.15) is 206 Å². The summed E-state index contributed by atoms with van der Waals surface area (Å²) < 4.78 is 0. The van der Waals surface area contributed by atoms with E-state index in [-0.39, 0.29) is 76.7 Å². The minimum absolute atomic E-state index is 0.0111. The number of aliphatic hydroxyl groups excluding tert-OH is 2. The van der Waals surface area contributed by atoms with Crippen molar-refractivity contribution in [2.24, 2.45) is 17.6 Å². The number of ketones is 3. The van der Waals surface area contributed by atoms with Crippen molar-refractivity contribution in [3.05, 3.63) is 36.4 Å². The van der Waals surface area contributed by atoms with Crippen LogP contribution in [0.3, 0.4) is 0 Å². The molecule has 2 heterocycles. The van der Waals surface area contributed by atoms with E-state index in [1.807, 2.05) is 0 Å². The fraction of sp³-hybridized carbons (Fsp3) is 0.698. The molecule has 0 radical (unpaired) electrons. The molecule has 0 aliphatic heterocycles. The lowest BCUT2D eigenvalue weighted by Gasteiger charge is -2.28. The van der Waals surface area contributed by atoms with Crippen molar-refractivity contribution in [3.8, 4) is 0 Å². The maximum atomic E-state index is 13.9. The summed E-state index contributed by atoms with van der Waals surface area (Å²) in [5, 5.41) is 66.0. The van der Waals surface area contributed by atoms with Crippen LogP contribution in [0.2, 0.25) is 0 Å². The number of aromatic amines is 2. The van der Waals surface area contributed by atoms with Crippen molar-refractivity contribution in [2.75, 3.05) is 26.2 Å². The second-order valence-corrected chi connectivity index (χ2v) is 24.3. The van der Waals surface area contributed by atoms with Gasteiger partial charge in [0, 0.05) is 87.6 Å². The number of aliphatic carboxylic acids is 3. The number of imidazole rings is 2. The second kappa shape index (κ2) is 46.1. The molecular formula is C63H102N12O18. The smallest absolute Gasteiger partial charge is 0.326 e. The summed E-state index contributed by atoms with van der Waals surface area (Å²) in [4.78, 5) is 178. The number of rotatable bonds is 56. The first kappa shape index (κ1) is 81.1. The van der Waals surface area contributed by atoms with Crippen LogP contribution in [0.15, 0.2) is 25.0 Å². The number of primary amides is 1. The summed E-state index contributed by atoms with van der Waals surface area (Å²) in [5.41, 5.74) is 5.22. The number of carbonyl (C=O) groups excluding carboxylic acids is 10. The van der Waals surface area contributed by atoms with Gasteiger partial charge in [0.05, 0.1) is 50.4 Å². The zero-order valence-corrected chi connectivity index (χ0v) is 54.2. The quantitative estimate of drug-likeness (QED) is 0.0421. The molecule has 0 aliphatic rings. The Morgan fingerprint density at radius 3 is 1.62 bits per heavy atom. The van der Waals surface area contributed by atoms with E-state index in [9.17, 15) is 82.8 Å². The number of aromatic nitrogens is 4. The van der Waals surface area contributed by atoms with Gasteiger partial charge in [0.25, 0.3) is 0 Å². The Morgan fingerprint density at radius 2 is 1.10 bits per heavy atom. The predicted octanol–water partition coefficient (Wildman–Crippen LogP) is 2.04. The maximum absolute atomic E-state index is 13.9. The van der Waals surface area contributed by atoms with Gasteiger partial charge < -0.3 is 78.5 Å². The van der Waals surface area contributed by atoms with Crippen molar-refractivity contribution >= 4 is 76.6 Å². The monoisotopic (exact) mass is 1310 g/mol. The van der Waals surface area contributed by atoms with E-state index in [2.05, 4.69) is 57.2 Å². The van der Waals surface area contributed by atoms with Gasteiger partial charge in [0.15, 0.2) is 11.6 Å². The molecule has 30 heteroatoms. The van der Waals surface area contributed by atoms with Gasteiger partial charge in [-0.2, -0.15) is 0 Å². The van der Waals surface area contributed by atoms with Gasteiger partial charge in [-0.15, -0.1) is 0 Å². The number of nitrogens with two attached hydrogens (primary N) is 1. The fourth-order valence-electron chi connectivity index (χ4n) is 10.2. The van der Waals surface area contributed by atoms with Crippen LogP contribution >= 0.6 is 0 Å². The van der Waals surface area contributed by atoms with E-state index >= 15 is 0 Å². The lowest BCUT2D eigenvalue weighted by atomic mass is 9.91. The van der Waals surface area contributed by atoms with Crippen LogP contribution in [-0.2, 0) is 75.2 Å². The molecule has 1 unspecified atom stereocenters. The van der Waals surface area contributed by atoms with Crippen molar-refractivity contribution < 1.29 is 87.9 Å². The first-order valence-corrected chi connectivity index (χ1v) is 32.5. The molecule has 0 fully saturated rings. The number of nitrogens with one attached hydrogen (secondary N) is 9. The van der Waals surface area contributed by atoms with Crippen molar-refractivity contribution in [1.29, 1.82) is 0 Å². The molecule has 7 atom stereocenters. The minimum atomic E-state index is -1.57. The second-order valence-electron chi connectivity index (χ2n) is 24.3. The van der Waals surface area contributed by atoms with E-state index < -0.39 is 151 Å². The summed E-state index contributed by atoms with van der Waals surface area (Å²) in [5.74, 6) is -12.0. The number of nitrogens with zero attached hydrogens (tertiary/aromatic N) is 2. The van der Waals surface area contributed by atoms with Crippen LogP contribution in [0.25, 0.3) is 0 Å². The van der Waals surface area contributed by atoms with Crippen molar-refractivity contribution in [1.82, 2.24) is 57.2 Å². The third kappa shape index (κ3) is 36.7. The Labute approximate surface area is 542 Å². The number of carboxylic acids is 3. The topological polar surface area (TPSA) is 491 Å². The molecule has 30 nitrogen and oxygen atoms in total. The predicted molar refractivity (Wildman–Crippen MR) is 338 cm³/mol. The molecule has 2 aromatic rings. The highest BCUT2D eigenvalue weighted by Gasteiger charge is 2.35. The van der Waals surface area contributed by atoms with Gasteiger partial charge >= 0.3 is 17.9 Å². The Hall–Kier alpha value is -7.99. The van der Waals surface area contributed by atoms with Crippen LogP contribution in [0.4, 0.5) is 0 Å². The van der Waals surface area contributed by atoms with Crippen molar-refractivity contribution in [3.63, 3.8) is 0 Å². The summed E-state index contributed by atoms with van der Waals surface area (Å²) in [6, 6.07) is -5.61. The Kier molecular flexibility index (Phi) is 40.2. The van der Waals surface area contributed by atoms with E-state index in [4.69, 9.17) is 10.8 Å². The Balaban J connectivity index is 1.79. The van der Waals surface area contributed by atoms with Crippen LogP contribution in [0, 0.1) is 11.8 Å². The van der Waals surface area contributed by atoms with Gasteiger partial charge in [-0.25, -0.2) is 14.8 Å². The first-order chi connectivity index (χ1) is 44.2. The lowest BCUT2D eigenvalue weighted by molar-refractivity contribution is -0.145. The number of Topliss-reactive ketones (excluding diaryl/α,β-unsaturated/α-hetero) is 3. The molecule has 2 rings (SSSR count). The van der Waals surface area contributed by atoms with Gasteiger partial charge in [0.2, 0.25) is 41.4 Å². The van der Waals surface area contributed by atoms with Crippen LogP contribution in [0.5, 0.6) is 0 Å². The van der Waals surface area contributed by atoms with Crippen molar-refractivity contribution in [2.45, 2.75) is 243 Å². The molecule has 0 aromatic carbocycles. The standard InChI is InChI=1S/C63H102N12O18/c1-41(77)57(58(64)87)74-59(88)42(23-27-50(79)48(33-45-35-67-40-70-45)73-62(93)63(2,3)75-54(83)29-25-44-34-66-39-69-44)20-18-19-31-68-55(84)37-65-36-51(80)49(38-76)72-53(82)30-26-47(61(91)92)71-52(81)28-24-43(60(89)90)32-46(78)21-16-14-12-10-8-6-4-5-7-9-11-13-15-17-22-56(85)86/h34-35,39-43,47-49,57,65,76-77H,4-33,36-38H2,1-3H3,(H2,64,87)(H,66,69)(H,67,70)(H,68,84)(H,71,81)(H,72,82)(H,73,93)(H,74,88)(H,75,83)(H,85,86)(H,89,90)(H,91,92)/t41?,42-,43-,47+,48+,49+,57+/m1/s1.